The summed E-state index contributed by atoms with van der Waals surface area (Å²) >= 11 is 0.580. The van der Waals surface area contributed by atoms with Crippen LogP contribution in [0.1, 0.15) is 39.4 Å². The van der Waals surface area contributed by atoms with Crippen LogP contribution in [0.4, 0.5) is 32.0 Å². The van der Waals surface area contributed by atoms with Crippen molar-refractivity contribution in [2.75, 3.05) is 5.32 Å². The summed E-state index contributed by atoms with van der Waals surface area (Å²) in [6, 6.07) is 1.64. The molecule has 1 atom stereocenters. The molecule has 4 aromatic rings. The third-order valence-electron chi connectivity index (χ3n) is 6.12. The molecule has 4 heterocycles. The molecule has 0 radical (unpaired) electrons. The van der Waals surface area contributed by atoms with Gasteiger partial charge in [-0.05, 0) is 31.5 Å². The van der Waals surface area contributed by atoms with Gasteiger partial charge in [-0.3, -0.25) is 19.0 Å². The first kappa shape index (κ1) is 28.1. The highest BCUT2D eigenvalue weighted by Crippen LogP contribution is 2.44. The first-order chi connectivity index (χ1) is 18.0. The molecule has 0 aromatic carbocycles. The number of amides is 2. The lowest BCUT2D eigenvalue weighted by atomic mass is 10.0. The van der Waals surface area contributed by atoms with E-state index in [1.165, 1.54) is 24.7 Å². The predicted octanol–water partition coefficient (Wildman–Crippen LogP) is 4.92. The predicted molar refractivity (Wildman–Crippen MR) is 130 cm³/mol. The van der Waals surface area contributed by atoms with Crippen LogP contribution in [-0.4, -0.2) is 36.4 Å². The fourth-order valence-corrected chi connectivity index (χ4v) is 4.94. The Balaban J connectivity index is 1.81. The number of hydrogen-bond acceptors (Lipinski definition) is 6. The van der Waals surface area contributed by atoms with E-state index < -0.39 is 41.5 Å². The largest absolute Gasteiger partial charge is 0.435 e. The number of fused-ring (bicyclic) bond motifs is 1. The van der Waals surface area contributed by atoms with Crippen LogP contribution in [0.5, 0.6) is 0 Å². The summed E-state index contributed by atoms with van der Waals surface area (Å²) in [6.45, 7) is 4.21. The lowest BCUT2D eigenvalue weighted by molar-refractivity contribution is -0.142. The molecule has 0 saturated carbocycles. The van der Waals surface area contributed by atoms with Crippen LogP contribution in [0.15, 0.2) is 18.3 Å². The average Bonchev–Trinajstić information content (AvgIpc) is 3.48. The molecule has 0 aliphatic rings. The van der Waals surface area contributed by atoms with E-state index in [1.807, 2.05) is 0 Å². The number of carbonyl (C=O) groups is 2. The molecule has 3 N–H and O–H groups in total. The Bertz CT molecular complexity index is 1600. The normalized spacial score (nSPS) is 13.2. The molecule has 4 rings (SSSR count). The van der Waals surface area contributed by atoms with E-state index in [0.717, 1.165) is 16.8 Å². The Morgan fingerprint density at radius 1 is 1.08 bits per heavy atom. The van der Waals surface area contributed by atoms with Crippen LogP contribution in [0.2, 0.25) is 0 Å². The molecule has 0 aliphatic carbocycles. The van der Waals surface area contributed by atoms with E-state index >= 15 is 0 Å². The van der Waals surface area contributed by atoms with E-state index in [1.54, 1.807) is 14.0 Å². The van der Waals surface area contributed by atoms with Crippen molar-refractivity contribution >= 4 is 39.1 Å². The van der Waals surface area contributed by atoms with Gasteiger partial charge in [-0.25, -0.2) is 4.98 Å². The van der Waals surface area contributed by atoms with E-state index in [4.69, 9.17) is 5.73 Å². The van der Waals surface area contributed by atoms with Gasteiger partial charge in [-0.1, -0.05) is 6.92 Å². The van der Waals surface area contributed by atoms with Crippen molar-refractivity contribution in [3.05, 3.63) is 46.0 Å². The van der Waals surface area contributed by atoms with E-state index in [0.29, 0.717) is 22.6 Å². The molecule has 0 bridgehead atoms. The highest BCUT2D eigenvalue weighted by atomic mass is 32.1. The lowest BCUT2D eigenvalue weighted by Gasteiger charge is -2.15. The van der Waals surface area contributed by atoms with Crippen molar-refractivity contribution in [2.45, 2.75) is 39.7 Å². The number of carbonyl (C=O) groups excluding carboxylic acids is 2. The lowest BCUT2D eigenvalue weighted by Crippen LogP contribution is -2.26. The zero-order chi connectivity index (χ0) is 29.0. The highest BCUT2D eigenvalue weighted by Gasteiger charge is 2.36. The van der Waals surface area contributed by atoms with Gasteiger partial charge in [-0.2, -0.15) is 36.5 Å². The Labute approximate surface area is 220 Å². The van der Waals surface area contributed by atoms with Crippen LogP contribution in [0, 0.1) is 19.8 Å². The second-order valence-corrected chi connectivity index (χ2v) is 9.91. The summed E-state index contributed by atoms with van der Waals surface area (Å²) in [6.07, 6.45) is -8.14. The summed E-state index contributed by atoms with van der Waals surface area (Å²) in [5.41, 5.74) is 4.01. The number of primary amides is 1. The summed E-state index contributed by atoms with van der Waals surface area (Å²) < 4.78 is 82.6. The van der Waals surface area contributed by atoms with Gasteiger partial charge < -0.3 is 11.1 Å². The highest BCUT2D eigenvalue weighted by molar-refractivity contribution is 7.21. The van der Waals surface area contributed by atoms with Gasteiger partial charge >= 0.3 is 12.4 Å². The van der Waals surface area contributed by atoms with Crippen molar-refractivity contribution in [3.8, 4) is 11.1 Å². The van der Waals surface area contributed by atoms with E-state index in [2.05, 4.69) is 20.5 Å². The maximum atomic E-state index is 13.7. The molecule has 0 fully saturated rings. The number of nitrogens with two attached hydrogens (primary N) is 1. The van der Waals surface area contributed by atoms with Crippen molar-refractivity contribution in [3.63, 3.8) is 0 Å². The quantitative estimate of drug-likeness (QED) is 0.317. The van der Waals surface area contributed by atoms with Crippen molar-refractivity contribution in [1.29, 1.82) is 0 Å². The summed E-state index contributed by atoms with van der Waals surface area (Å²) in [4.78, 5) is 28.7. The zero-order valence-corrected chi connectivity index (χ0v) is 21.6. The van der Waals surface area contributed by atoms with E-state index in [9.17, 15) is 35.9 Å². The molecule has 0 saturated heterocycles. The maximum Gasteiger partial charge on any atom is 0.435 e. The van der Waals surface area contributed by atoms with Gasteiger partial charge in [0, 0.05) is 29.4 Å². The zero-order valence-electron chi connectivity index (χ0n) is 20.8. The summed E-state index contributed by atoms with van der Waals surface area (Å²) in [7, 11) is 1.59. The number of rotatable bonds is 6. The Hall–Kier alpha value is -3.95. The number of nitrogens with zero attached hydrogens (tertiary/aromatic N) is 5. The van der Waals surface area contributed by atoms with Gasteiger partial charge in [0.15, 0.2) is 5.69 Å². The molecule has 1 unspecified atom stereocenters. The first-order valence-electron chi connectivity index (χ1n) is 11.2. The molecule has 16 heteroatoms. The summed E-state index contributed by atoms with van der Waals surface area (Å²) in [5, 5.41) is 10.2. The number of halogens is 6. The van der Waals surface area contributed by atoms with Gasteiger partial charge in [0.25, 0.3) is 5.91 Å². The molecule has 4 aromatic heterocycles. The van der Waals surface area contributed by atoms with Gasteiger partial charge in [0.05, 0.1) is 24.3 Å². The molecule has 0 aliphatic heterocycles. The number of thiophene rings is 1. The molecule has 39 heavy (non-hydrogen) atoms. The Morgan fingerprint density at radius 3 is 2.23 bits per heavy atom. The minimum atomic E-state index is -4.81. The van der Waals surface area contributed by atoms with Crippen molar-refractivity contribution in [2.24, 2.45) is 18.7 Å². The molecule has 0 spiro atoms. The van der Waals surface area contributed by atoms with Crippen molar-refractivity contribution in [1.82, 2.24) is 24.5 Å². The molecular weight excluding hydrogens is 552 g/mol. The molecule has 9 nitrogen and oxygen atoms in total. The van der Waals surface area contributed by atoms with Crippen LogP contribution in [-0.2, 0) is 30.7 Å². The average molecular weight is 574 g/mol. The fraction of sp³-hybridized carbons (Fsp3) is 0.348. The number of aromatic nitrogens is 5. The third-order valence-corrected chi connectivity index (χ3v) is 7.21. The molecule has 2 amide bonds. The first-order valence-corrected chi connectivity index (χ1v) is 12.1. The topological polar surface area (TPSA) is 121 Å². The minimum absolute atomic E-state index is 0.0161. The van der Waals surface area contributed by atoms with Gasteiger partial charge in [-0.15, -0.1) is 11.3 Å². The fourth-order valence-electron chi connectivity index (χ4n) is 3.93. The smallest absolute Gasteiger partial charge is 0.365 e. The summed E-state index contributed by atoms with van der Waals surface area (Å²) in [5.74, 6) is -2.71. The number of pyridine rings is 1. The minimum Gasteiger partial charge on any atom is -0.365 e. The van der Waals surface area contributed by atoms with Crippen LogP contribution in [0.3, 0.4) is 0 Å². The van der Waals surface area contributed by atoms with Crippen LogP contribution >= 0.6 is 11.3 Å². The molecular formula is C23H21F6N7O2S. The van der Waals surface area contributed by atoms with Crippen LogP contribution in [0.25, 0.3) is 21.3 Å². The Kier molecular flexibility index (Phi) is 6.95. The third kappa shape index (κ3) is 5.32. The monoisotopic (exact) mass is 573 g/mol. The van der Waals surface area contributed by atoms with Gasteiger partial charge in [0.1, 0.15) is 15.4 Å². The van der Waals surface area contributed by atoms with E-state index in [-0.39, 0.29) is 38.6 Å². The number of anilines is 1. The standard InChI is InChI=1S/C23H21F6N7O2S/c1-9(8-36-10(2)5-15(34-36)23(27,28)29)20(38)33-17-16-12(13-7-31-35(4)11(13)3)6-14(22(24,25)26)32-21(16)39-18(17)19(30)37/h5-7,9H,8H2,1-4H3,(H2,30,37)(H,33,38). The number of alkyl halides is 6. The molecule has 208 valence electrons. The number of nitrogens with one attached hydrogen (secondary N) is 1. The Morgan fingerprint density at radius 2 is 1.72 bits per heavy atom. The van der Waals surface area contributed by atoms with Crippen molar-refractivity contribution < 1.29 is 35.9 Å². The second-order valence-electron chi connectivity index (χ2n) is 8.91. The number of hydrogen-bond donors (Lipinski definition) is 2. The SMILES string of the molecule is Cc1c(-c2cc(C(F)(F)F)nc3sc(C(N)=O)c(NC(=O)C(C)Cn4nc(C(F)(F)F)cc4C)c23)cnn1C. The maximum absolute atomic E-state index is 13.7. The number of aryl methyl sites for hydroxylation is 2. The second kappa shape index (κ2) is 9.66. The van der Waals surface area contributed by atoms with Crippen LogP contribution < -0.4 is 11.1 Å². The van der Waals surface area contributed by atoms with Gasteiger partial charge in [0.2, 0.25) is 5.91 Å².